The van der Waals surface area contributed by atoms with Crippen LogP contribution in [-0.4, -0.2) is 133 Å². The molecule has 1 aliphatic heterocycles. The Balaban J connectivity index is 0. The molecule has 2 heterocycles. The summed E-state index contributed by atoms with van der Waals surface area (Å²) < 4.78 is 35.8. The molecule has 0 amide bonds. The second-order valence-electron chi connectivity index (χ2n) is 9.78. The van der Waals surface area contributed by atoms with Crippen molar-refractivity contribution in [3.05, 3.63) is 22.7 Å². The maximum atomic E-state index is 11.7. The fourth-order valence-electron chi connectivity index (χ4n) is 4.05. The van der Waals surface area contributed by atoms with Crippen molar-refractivity contribution in [2.45, 2.75) is 86.9 Å². The Hall–Kier alpha value is -1.30. The molecule has 0 aliphatic carbocycles. The number of ether oxygens (including phenoxy) is 1. The third-order valence-corrected chi connectivity index (χ3v) is 9.25. The van der Waals surface area contributed by atoms with Gasteiger partial charge in [-0.3, -0.25) is 9.09 Å². The van der Waals surface area contributed by atoms with Gasteiger partial charge in [-0.15, -0.1) is 0 Å². The van der Waals surface area contributed by atoms with E-state index in [1.165, 1.54) is 65.0 Å². The minimum atomic E-state index is -5.30. The Morgan fingerprint density at radius 1 is 0.804 bits per heavy atom. The van der Waals surface area contributed by atoms with E-state index in [1.54, 1.807) is 0 Å². The number of phosphoric ester groups is 1. The molecule has 2 rings (SSSR count). The van der Waals surface area contributed by atoms with Gasteiger partial charge in [0.15, 0.2) is 6.23 Å². The van der Waals surface area contributed by atoms with E-state index in [0.717, 1.165) is 10.8 Å². The lowest BCUT2D eigenvalue weighted by molar-refractivity contribution is -0.0541. The summed E-state index contributed by atoms with van der Waals surface area (Å²) in [6, 6.07) is 1.24. The summed E-state index contributed by atoms with van der Waals surface area (Å²) in [5.41, 5.74) is 4.45. The first-order valence-electron chi connectivity index (χ1n) is 15.7. The van der Waals surface area contributed by atoms with Gasteiger partial charge in [-0.25, -0.2) is 13.9 Å². The van der Waals surface area contributed by atoms with Crippen molar-refractivity contribution >= 4 is 21.5 Å². The van der Waals surface area contributed by atoms with E-state index in [-0.39, 0.29) is 5.82 Å². The first-order valence-corrected chi connectivity index (χ1v) is 18.7. The second-order valence-corrected chi connectivity index (χ2v) is 12.6. The molecular formula is C27H60N6O11P2. The number of nitrogens with two attached hydrogens (primary N) is 1. The lowest BCUT2D eigenvalue weighted by Crippen LogP contribution is -2.36. The van der Waals surface area contributed by atoms with E-state index in [0.29, 0.717) is 0 Å². The molecule has 1 unspecified atom stereocenters. The highest BCUT2D eigenvalue weighted by Crippen LogP contribution is 2.57. The molecule has 0 radical (unpaired) electrons. The molecule has 1 fully saturated rings. The number of phosphoric acid groups is 2. The zero-order valence-corrected chi connectivity index (χ0v) is 30.7. The van der Waals surface area contributed by atoms with Crippen LogP contribution < -0.4 is 11.4 Å². The van der Waals surface area contributed by atoms with Gasteiger partial charge in [-0.05, 0) is 65.0 Å². The van der Waals surface area contributed by atoms with Gasteiger partial charge in [-0.2, -0.15) is 9.29 Å². The van der Waals surface area contributed by atoms with E-state index < -0.39 is 52.5 Å². The van der Waals surface area contributed by atoms with Crippen LogP contribution in [0.3, 0.4) is 0 Å². The molecule has 0 spiro atoms. The molecule has 46 heavy (non-hydrogen) atoms. The summed E-state index contributed by atoms with van der Waals surface area (Å²) in [5, 5.41) is 19.8. The summed E-state index contributed by atoms with van der Waals surface area (Å²) >= 11 is 0. The first-order chi connectivity index (χ1) is 21.4. The van der Waals surface area contributed by atoms with Crippen LogP contribution in [0.15, 0.2) is 17.1 Å². The molecule has 7 N–H and O–H groups in total. The Morgan fingerprint density at radius 3 is 1.50 bits per heavy atom. The van der Waals surface area contributed by atoms with Gasteiger partial charge in [0.25, 0.3) is 0 Å². The molecule has 0 saturated carbocycles. The number of rotatable bonds is 15. The normalized spacial score (nSPS) is 20.7. The van der Waals surface area contributed by atoms with Crippen LogP contribution in [-0.2, 0) is 22.7 Å². The molecule has 274 valence electrons. The minimum absolute atomic E-state index is 0.0787. The van der Waals surface area contributed by atoms with Crippen molar-refractivity contribution in [2.24, 2.45) is 0 Å². The molecule has 0 aromatic carbocycles. The Labute approximate surface area is 274 Å². The topological polar surface area (TPSA) is 234 Å². The number of anilines is 1. The average Bonchev–Trinajstić information content (AvgIpc) is 3.27. The highest BCUT2D eigenvalue weighted by atomic mass is 31.3. The molecular weight excluding hydrogens is 646 g/mol. The average molecular weight is 707 g/mol. The number of aliphatic hydroxyl groups is 2. The van der Waals surface area contributed by atoms with Gasteiger partial charge in [0.2, 0.25) is 0 Å². The monoisotopic (exact) mass is 706 g/mol. The van der Waals surface area contributed by atoms with E-state index in [9.17, 15) is 24.1 Å². The number of hydrogen-bond acceptors (Lipinski definition) is 13. The van der Waals surface area contributed by atoms with Gasteiger partial charge in [0.05, 0.1) is 6.61 Å². The molecule has 1 saturated heterocycles. The molecule has 17 nitrogen and oxygen atoms in total. The van der Waals surface area contributed by atoms with E-state index in [4.69, 9.17) is 25.2 Å². The Bertz CT molecular complexity index is 1020. The maximum Gasteiger partial charge on any atom is 0.481 e. The Kier molecular flexibility index (Phi) is 25.2. The molecule has 1 aromatic rings. The van der Waals surface area contributed by atoms with Crippen molar-refractivity contribution in [1.82, 2.24) is 24.3 Å². The molecule has 0 bridgehead atoms. The zero-order chi connectivity index (χ0) is 36.1. The number of nitrogen functional groups attached to an aromatic ring is 1. The molecule has 5 atom stereocenters. The van der Waals surface area contributed by atoms with Gasteiger partial charge in [-0.1, -0.05) is 62.3 Å². The van der Waals surface area contributed by atoms with Crippen molar-refractivity contribution in [3.63, 3.8) is 0 Å². The van der Waals surface area contributed by atoms with Crippen LogP contribution in [0.5, 0.6) is 0 Å². The summed E-state index contributed by atoms with van der Waals surface area (Å²) in [6.07, 6.45) is -4.93. The van der Waals surface area contributed by atoms with Crippen molar-refractivity contribution in [2.75, 3.05) is 71.2 Å². The number of aliphatic hydroxyl groups excluding tert-OH is 2. The predicted octanol–water partition coefficient (Wildman–Crippen LogP) is 1.72. The molecule has 1 aromatic heterocycles. The fourth-order valence-corrected chi connectivity index (χ4v) is 5.65. The number of hydrogen-bond donors (Lipinski definition) is 6. The van der Waals surface area contributed by atoms with Gasteiger partial charge < -0.3 is 50.1 Å². The van der Waals surface area contributed by atoms with Crippen LogP contribution in [0, 0.1) is 0 Å². The standard InChI is InChI=1S/C9H15N3O11P2.3C6H15N/c10-5-1-2-12(9(15)11-5)8-7(14)6(13)4(22-8)3-21-25(19,20)23-24(16,17)18;3*1-4-7(5-2)6-3/h1-2,4,6-8,13-14H,3H2,(H,19,20)(H2,10,11,15)(H2,16,17,18);3*4-6H2,1-3H3/t4-,6-,7+,8-;;;/m1.../s1. The third kappa shape index (κ3) is 19.5. The van der Waals surface area contributed by atoms with Gasteiger partial charge in [0.1, 0.15) is 24.1 Å². The van der Waals surface area contributed by atoms with E-state index >= 15 is 0 Å². The van der Waals surface area contributed by atoms with Crippen LogP contribution in [0.2, 0.25) is 0 Å². The smallest absolute Gasteiger partial charge is 0.387 e. The minimum Gasteiger partial charge on any atom is -0.387 e. The highest BCUT2D eigenvalue weighted by Gasteiger charge is 2.45. The zero-order valence-electron chi connectivity index (χ0n) is 28.9. The Morgan fingerprint density at radius 2 is 1.20 bits per heavy atom. The fraction of sp³-hybridized carbons (Fsp3) is 0.852. The summed E-state index contributed by atoms with van der Waals surface area (Å²) in [7, 11) is -10.5. The van der Waals surface area contributed by atoms with Crippen LogP contribution in [0.1, 0.15) is 68.5 Å². The highest BCUT2D eigenvalue weighted by molar-refractivity contribution is 7.60. The second kappa shape index (κ2) is 24.8. The summed E-state index contributed by atoms with van der Waals surface area (Å²) in [5.74, 6) is -0.0787. The summed E-state index contributed by atoms with van der Waals surface area (Å²) in [6.45, 7) is 29.5. The predicted molar refractivity (Wildman–Crippen MR) is 178 cm³/mol. The van der Waals surface area contributed by atoms with Crippen molar-refractivity contribution in [1.29, 1.82) is 0 Å². The van der Waals surface area contributed by atoms with Crippen molar-refractivity contribution < 1.29 is 47.6 Å². The molecule has 1 aliphatic rings. The number of aromatic nitrogens is 2. The largest absolute Gasteiger partial charge is 0.481 e. The maximum absolute atomic E-state index is 11.7. The van der Waals surface area contributed by atoms with Crippen molar-refractivity contribution in [3.8, 4) is 0 Å². The number of nitrogens with zero attached hydrogens (tertiary/aromatic N) is 5. The van der Waals surface area contributed by atoms with E-state index in [2.05, 4.69) is 90.8 Å². The third-order valence-electron chi connectivity index (χ3n) is 7.10. The van der Waals surface area contributed by atoms with Crippen LogP contribution in [0.25, 0.3) is 0 Å². The lowest BCUT2D eigenvalue weighted by atomic mass is 10.1. The first kappa shape index (κ1) is 46.8. The molecule has 19 heteroatoms. The quantitative estimate of drug-likeness (QED) is 0.143. The summed E-state index contributed by atoms with van der Waals surface area (Å²) in [4.78, 5) is 48.4. The van der Waals surface area contributed by atoms with E-state index in [1.807, 2.05) is 0 Å². The van der Waals surface area contributed by atoms with Crippen LogP contribution in [0.4, 0.5) is 5.82 Å². The van der Waals surface area contributed by atoms with Gasteiger partial charge in [0, 0.05) is 6.20 Å². The lowest BCUT2D eigenvalue weighted by Gasteiger charge is -2.17. The SMILES string of the molecule is CCN(CC)CC.CCN(CC)CC.CCN(CC)CC.Nc1ccn([C@@H]2O[C@H](COP(=O)(O)OP(=O)(O)O)[C@@H](O)[C@@H]2O)c(=O)n1. The van der Waals surface area contributed by atoms with Crippen LogP contribution >= 0.6 is 15.6 Å². The van der Waals surface area contributed by atoms with Gasteiger partial charge >= 0.3 is 21.3 Å².